The highest BCUT2D eigenvalue weighted by molar-refractivity contribution is 8.00. The number of hydrogen-bond donors (Lipinski definition) is 0. The molecule has 2 rings (SSSR count). The van der Waals surface area contributed by atoms with E-state index in [-0.39, 0.29) is 0 Å². The third-order valence-corrected chi connectivity index (χ3v) is 4.71. The van der Waals surface area contributed by atoms with Gasteiger partial charge in [0, 0.05) is 4.75 Å². The van der Waals surface area contributed by atoms with Gasteiger partial charge in [-0.3, -0.25) is 0 Å². The van der Waals surface area contributed by atoms with E-state index in [4.69, 9.17) is 0 Å². The van der Waals surface area contributed by atoms with Crippen molar-refractivity contribution in [1.82, 2.24) is 0 Å². The molecular weight excluding hydrogens is 212 g/mol. The third-order valence-electron chi connectivity index (χ3n) is 3.20. The predicted octanol–water partition coefficient (Wildman–Crippen LogP) is 4.32. The molecule has 1 aliphatic carbocycles. The molecule has 1 unspecified atom stereocenters. The Balaban J connectivity index is 1.93. The first-order valence-electron chi connectivity index (χ1n) is 6.25. The maximum Gasteiger partial charge on any atom is 0.00752 e. The molecule has 0 radical (unpaired) electrons. The van der Waals surface area contributed by atoms with Crippen LogP contribution in [0, 0.1) is 5.92 Å². The molecule has 0 saturated heterocycles. The van der Waals surface area contributed by atoms with Gasteiger partial charge in [-0.25, -0.2) is 0 Å². The Morgan fingerprint density at radius 3 is 2.56 bits per heavy atom. The van der Waals surface area contributed by atoms with Crippen LogP contribution in [0.1, 0.15) is 38.3 Å². The number of rotatable bonds is 2. The second-order valence-electron chi connectivity index (χ2n) is 5.80. The number of hydrogen-bond acceptors (Lipinski definition) is 1. The van der Waals surface area contributed by atoms with Crippen molar-refractivity contribution < 1.29 is 0 Å². The van der Waals surface area contributed by atoms with Crippen molar-refractivity contribution >= 4 is 11.8 Å². The minimum absolute atomic E-state index is 0.414. The minimum Gasteiger partial charge on any atom is -0.156 e. The van der Waals surface area contributed by atoms with Crippen molar-refractivity contribution in [1.29, 1.82) is 0 Å². The Kier molecular flexibility index (Phi) is 3.63. The molecule has 0 aliphatic heterocycles. The smallest absolute Gasteiger partial charge is 0.00752 e. The molecule has 1 aromatic rings. The summed E-state index contributed by atoms with van der Waals surface area (Å²) in [6, 6.07) is 8.95. The second kappa shape index (κ2) is 4.83. The van der Waals surface area contributed by atoms with Gasteiger partial charge < -0.3 is 0 Å². The van der Waals surface area contributed by atoms with E-state index in [0.717, 1.165) is 5.92 Å². The molecule has 0 amide bonds. The standard InChI is InChI=1S/C15H22S/c1-15(2,3)16-11-12-8-9-13-6-4-5-7-14(13)10-12/h4-7,12H,8-11H2,1-3H3. The average Bonchev–Trinajstić information content (AvgIpc) is 2.25. The summed E-state index contributed by atoms with van der Waals surface area (Å²) in [5, 5.41) is 0. The molecule has 0 nitrogen and oxygen atoms in total. The number of fused-ring (bicyclic) bond motifs is 1. The SMILES string of the molecule is CC(C)(C)SCC1CCc2ccccc2C1. The van der Waals surface area contributed by atoms with Crippen LogP contribution in [0.4, 0.5) is 0 Å². The van der Waals surface area contributed by atoms with Gasteiger partial charge in [0.15, 0.2) is 0 Å². The highest BCUT2D eigenvalue weighted by atomic mass is 32.2. The number of thioether (sulfide) groups is 1. The van der Waals surface area contributed by atoms with E-state index in [0.29, 0.717) is 4.75 Å². The first kappa shape index (κ1) is 12.0. The van der Waals surface area contributed by atoms with E-state index in [1.165, 1.54) is 25.0 Å². The third kappa shape index (κ3) is 3.28. The summed E-state index contributed by atoms with van der Waals surface area (Å²) in [5.41, 5.74) is 3.17. The summed E-state index contributed by atoms with van der Waals surface area (Å²) in [4.78, 5) is 0. The molecule has 0 bridgehead atoms. The lowest BCUT2D eigenvalue weighted by molar-refractivity contribution is 0.507. The van der Waals surface area contributed by atoms with Crippen LogP contribution in [0.3, 0.4) is 0 Å². The fourth-order valence-electron chi connectivity index (χ4n) is 2.28. The topological polar surface area (TPSA) is 0 Å². The van der Waals surface area contributed by atoms with E-state index in [2.05, 4.69) is 56.8 Å². The summed E-state index contributed by atoms with van der Waals surface area (Å²) in [6.45, 7) is 6.94. The van der Waals surface area contributed by atoms with E-state index in [1.54, 1.807) is 11.1 Å². The summed E-state index contributed by atoms with van der Waals surface area (Å²) in [5.74, 6) is 2.21. The largest absolute Gasteiger partial charge is 0.156 e. The maximum absolute atomic E-state index is 2.31. The van der Waals surface area contributed by atoms with Gasteiger partial charge in [0.1, 0.15) is 0 Å². The molecule has 1 heteroatoms. The Morgan fingerprint density at radius 1 is 1.19 bits per heavy atom. The Bertz CT molecular complexity index is 349. The van der Waals surface area contributed by atoms with Crippen molar-refractivity contribution in [2.45, 2.75) is 44.8 Å². The molecule has 0 saturated carbocycles. The highest BCUT2D eigenvalue weighted by Gasteiger charge is 2.20. The Morgan fingerprint density at radius 2 is 1.88 bits per heavy atom. The van der Waals surface area contributed by atoms with Crippen LogP contribution < -0.4 is 0 Å². The van der Waals surface area contributed by atoms with Gasteiger partial charge in [0.2, 0.25) is 0 Å². The normalized spacial score (nSPS) is 20.6. The quantitative estimate of drug-likeness (QED) is 0.734. The zero-order valence-electron chi connectivity index (χ0n) is 10.6. The van der Waals surface area contributed by atoms with Crippen LogP contribution in [0.2, 0.25) is 0 Å². The van der Waals surface area contributed by atoms with Crippen LogP contribution in [0.15, 0.2) is 24.3 Å². The molecule has 0 N–H and O–H groups in total. The molecule has 0 aromatic heterocycles. The van der Waals surface area contributed by atoms with E-state index in [9.17, 15) is 0 Å². The van der Waals surface area contributed by atoms with Gasteiger partial charge in [-0.05, 0) is 42.1 Å². The van der Waals surface area contributed by atoms with E-state index in [1.807, 2.05) is 0 Å². The summed E-state index contributed by atoms with van der Waals surface area (Å²) >= 11 is 2.11. The van der Waals surface area contributed by atoms with E-state index >= 15 is 0 Å². The first-order chi connectivity index (χ1) is 7.54. The maximum atomic E-state index is 2.31. The number of benzene rings is 1. The van der Waals surface area contributed by atoms with Gasteiger partial charge in [-0.1, -0.05) is 45.0 Å². The molecule has 0 fully saturated rings. The molecule has 0 heterocycles. The summed E-state index contributed by atoms with van der Waals surface area (Å²) in [6.07, 6.45) is 3.95. The monoisotopic (exact) mass is 234 g/mol. The summed E-state index contributed by atoms with van der Waals surface area (Å²) in [7, 11) is 0. The fourth-order valence-corrected chi connectivity index (χ4v) is 3.30. The molecule has 1 aliphatic rings. The van der Waals surface area contributed by atoms with Crippen LogP contribution in [0.5, 0.6) is 0 Å². The molecule has 0 spiro atoms. The van der Waals surface area contributed by atoms with Crippen LogP contribution in [-0.2, 0) is 12.8 Å². The van der Waals surface area contributed by atoms with Gasteiger partial charge in [0.25, 0.3) is 0 Å². The predicted molar refractivity (Wildman–Crippen MR) is 74.2 cm³/mol. The number of aryl methyl sites for hydroxylation is 1. The van der Waals surface area contributed by atoms with Gasteiger partial charge in [0.05, 0.1) is 0 Å². The fraction of sp³-hybridized carbons (Fsp3) is 0.600. The first-order valence-corrected chi connectivity index (χ1v) is 7.24. The lowest BCUT2D eigenvalue weighted by atomic mass is 9.85. The lowest BCUT2D eigenvalue weighted by Crippen LogP contribution is -2.19. The van der Waals surface area contributed by atoms with Gasteiger partial charge >= 0.3 is 0 Å². The Hall–Kier alpha value is -0.430. The van der Waals surface area contributed by atoms with Crippen LogP contribution in [0.25, 0.3) is 0 Å². The zero-order valence-corrected chi connectivity index (χ0v) is 11.4. The Labute approximate surface area is 104 Å². The molecule has 1 aromatic carbocycles. The molecule has 1 atom stereocenters. The second-order valence-corrected chi connectivity index (χ2v) is 7.65. The van der Waals surface area contributed by atoms with E-state index < -0.39 is 0 Å². The van der Waals surface area contributed by atoms with Crippen molar-refractivity contribution in [2.24, 2.45) is 5.92 Å². The molecular formula is C15H22S. The molecule has 16 heavy (non-hydrogen) atoms. The highest BCUT2D eigenvalue weighted by Crippen LogP contribution is 2.32. The zero-order chi connectivity index (χ0) is 11.6. The van der Waals surface area contributed by atoms with Gasteiger partial charge in [-0.15, -0.1) is 0 Å². The minimum atomic E-state index is 0.414. The van der Waals surface area contributed by atoms with Crippen molar-refractivity contribution in [2.75, 3.05) is 5.75 Å². The van der Waals surface area contributed by atoms with Gasteiger partial charge in [-0.2, -0.15) is 11.8 Å². The van der Waals surface area contributed by atoms with Crippen molar-refractivity contribution in [3.8, 4) is 0 Å². The van der Waals surface area contributed by atoms with Crippen molar-refractivity contribution in [3.63, 3.8) is 0 Å². The lowest BCUT2D eigenvalue weighted by Gasteiger charge is -2.27. The van der Waals surface area contributed by atoms with Crippen LogP contribution >= 0.6 is 11.8 Å². The molecule has 88 valence electrons. The average molecular weight is 234 g/mol. The van der Waals surface area contributed by atoms with Crippen molar-refractivity contribution in [3.05, 3.63) is 35.4 Å². The summed E-state index contributed by atoms with van der Waals surface area (Å²) < 4.78 is 0.414. The van der Waals surface area contributed by atoms with Crippen LogP contribution in [-0.4, -0.2) is 10.5 Å².